The molecule has 3 aromatic rings. The van der Waals surface area contributed by atoms with Crippen LogP contribution in [0.15, 0.2) is 30.7 Å². The molecular weight excluding hydrogens is 452 g/mol. The molecule has 2 saturated heterocycles. The number of nitrogens with one attached hydrogen (secondary N) is 3. The highest BCUT2D eigenvalue weighted by molar-refractivity contribution is 5.66. The first-order valence-electron chi connectivity index (χ1n) is 12.1. The van der Waals surface area contributed by atoms with Crippen LogP contribution in [0.1, 0.15) is 32.1 Å². The van der Waals surface area contributed by atoms with Crippen molar-refractivity contribution in [2.75, 3.05) is 49.7 Å². The number of carbonyl (C=O) groups is 1. The van der Waals surface area contributed by atoms with Gasteiger partial charge in [-0.25, -0.2) is 9.78 Å². The van der Waals surface area contributed by atoms with Gasteiger partial charge in [-0.15, -0.1) is 0 Å². The molecule has 0 unspecified atom stereocenters. The van der Waals surface area contributed by atoms with E-state index in [1.54, 1.807) is 12.4 Å². The quantitative estimate of drug-likeness (QED) is 0.439. The number of imidazole rings is 1. The summed E-state index contributed by atoms with van der Waals surface area (Å²) in [5, 5.41) is 20.9. The third kappa shape index (κ3) is 5.65. The number of aromatic nitrogens is 5. The van der Waals surface area contributed by atoms with Gasteiger partial charge in [0.25, 0.3) is 0 Å². The Morgan fingerprint density at radius 2 is 1.86 bits per heavy atom. The molecule has 12 heteroatoms. The first-order valence-corrected chi connectivity index (χ1v) is 12.1. The lowest BCUT2D eigenvalue weighted by Crippen LogP contribution is -2.67. The molecule has 2 aliphatic heterocycles. The van der Waals surface area contributed by atoms with Crippen LogP contribution in [0.25, 0.3) is 5.65 Å². The van der Waals surface area contributed by atoms with Crippen molar-refractivity contribution in [3.8, 4) is 0 Å². The Balaban J connectivity index is 0.000000147. The summed E-state index contributed by atoms with van der Waals surface area (Å²) < 4.78 is 12.2. The molecule has 5 fully saturated rings. The summed E-state index contributed by atoms with van der Waals surface area (Å²) >= 11 is 0. The molecular formula is C23H32N8O4. The molecule has 4 N–H and O–H groups in total. The lowest BCUT2D eigenvalue weighted by atomic mass is 9.50. The Morgan fingerprint density at radius 3 is 2.40 bits per heavy atom. The fraction of sp³-hybridized carbons (Fsp3) is 0.565. The first-order chi connectivity index (χ1) is 17.1. The molecule has 0 aromatic carbocycles. The van der Waals surface area contributed by atoms with Gasteiger partial charge < -0.3 is 30.1 Å². The Morgan fingerprint density at radius 1 is 1.11 bits per heavy atom. The standard InChI is InChI=1S/C13H15N7O.C6H9NO2.C4H8O/c1-2-15-18-10(1)16-13-17-12(19-5-7-21-8-6-19)9-11-14-3-4-20(11)13;8-5(9)7-6-1-4(2-6)3-6;1-2-4-5-3-1/h1-4,9H,5-8H2,(H2,15,16,17,18);4,7H,1-3H2,(H,8,9);1-4H2. The Labute approximate surface area is 203 Å². The SMILES string of the molecule is C1CCOC1.O=C(O)NC12CC(C1)C2.c1cc(Nc2nc(N3CCOCC3)cc3nccn23)[nH]n1. The first kappa shape index (κ1) is 23.4. The van der Waals surface area contributed by atoms with E-state index in [9.17, 15) is 4.79 Å². The molecule has 188 valence electrons. The molecule has 0 radical (unpaired) electrons. The minimum absolute atomic E-state index is 0.0382. The number of anilines is 3. The minimum atomic E-state index is -0.867. The van der Waals surface area contributed by atoms with Gasteiger partial charge in [-0.2, -0.15) is 10.1 Å². The lowest BCUT2D eigenvalue weighted by molar-refractivity contribution is -0.0448. The van der Waals surface area contributed by atoms with Gasteiger partial charge in [-0.05, 0) is 38.0 Å². The molecule has 3 aromatic heterocycles. The normalized spacial score (nSPS) is 24.2. The number of hydrogen-bond acceptors (Lipinski definition) is 8. The van der Waals surface area contributed by atoms with Gasteiger partial charge in [0.1, 0.15) is 17.3 Å². The van der Waals surface area contributed by atoms with Crippen LogP contribution in [0.5, 0.6) is 0 Å². The van der Waals surface area contributed by atoms with Crippen LogP contribution in [0, 0.1) is 5.92 Å². The van der Waals surface area contributed by atoms with E-state index < -0.39 is 6.09 Å². The second-order valence-corrected chi connectivity index (χ2v) is 9.30. The number of rotatable bonds is 4. The van der Waals surface area contributed by atoms with Crippen molar-refractivity contribution < 1.29 is 19.4 Å². The van der Waals surface area contributed by atoms with E-state index >= 15 is 0 Å². The Bertz CT molecular complexity index is 1080. The van der Waals surface area contributed by atoms with E-state index in [1.807, 2.05) is 22.7 Å². The van der Waals surface area contributed by atoms with Gasteiger partial charge in [-0.3, -0.25) is 9.50 Å². The number of nitrogens with zero attached hydrogens (tertiary/aromatic N) is 5. The van der Waals surface area contributed by atoms with Gasteiger partial charge in [0.2, 0.25) is 5.95 Å². The molecule has 5 aliphatic rings. The summed E-state index contributed by atoms with van der Waals surface area (Å²) in [7, 11) is 0. The molecule has 0 atom stereocenters. The number of morpholine rings is 1. The van der Waals surface area contributed by atoms with Gasteiger partial charge in [0.05, 0.1) is 19.4 Å². The van der Waals surface area contributed by atoms with Crippen molar-refractivity contribution >= 4 is 29.3 Å². The van der Waals surface area contributed by atoms with E-state index in [0.29, 0.717) is 5.95 Å². The van der Waals surface area contributed by atoms with Crippen LogP contribution in [-0.4, -0.2) is 80.8 Å². The molecule has 0 spiro atoms. The minimum Gasteiger partial charge on any atom is -0.465 e. The Hall–Kier alpha value is -3.38. The van der Waals surface area contributed by atoms with Gasteiger partial charge in [0.15, 0.2) is 0 Å². The summed E-state index contributed by atoms with van der Waals surface area (Å²) in [6, 6.07) is 3.84. The van der Waals surface area contributed by atoms with E-state index in [1.165, 1.54) is 12.8 Å². The number of ether oxygens (including phenoxy) is 2. The molecule has 35 heavy (non-hydrogen) atoms. The molecule has 1 amide bonds. The van der Waals surface area contributed by atoms with Crippen molar-refractivity contribution in [1.82, 2.24) is 29.9 Å². The predicted molar refractivity (Wildman–Crippen MR) is 129 cm³/mol. The average Bonchev–Trinajstić information content (AvgIpc) is 3.61. The van der Waals surface area contributed by atoms with Gasteiger partial charge in [0, 0.05) is 56.4 Å². The predicted octanol–water partition coefficient (Wildman–Crippen LogP) is 2.64. The summed E-state index contributed by atoms with van der Waals surface area (Å²) in [4.78, 5) is 21.4. The van der Waals surface area contributed by atoms with Crippen LogP contribution in [0.4, 0.5) is 22.4 Å². The number of hydrogen-bond donors (Lipinski definition) is 4. The maximum absolute atomic E-state index is 10.1. The van der Waals surface area contributed by atoms with Crippen molar-refractivity contribution in [3.63, 3.8) is 0 Å². The number of aromatic amines is 1. The summed E-state index contributed by atoms with van der Waals surface area (Å²) in [5.41, 5.74) is 0.893. The van der Waals surface area contributed by atoms with Crippen LogP contribution >= 0.6 is 0 Å². The zero-order valence-electron chi connectivity index (χ0n) is 19.7. The van der Waals surface area contributed by atoms with E-state index in [0.717, 1.165) is 82.0 Å². The second kappa shape index (κ2) is 10.5. The maximum Gasteiger partial charge on any atom is 0.405 e. The summed E-state index contributed by atoms with van der Waals surface area (Å²) in [5.74, 6) is 3.24. The zero-order valence-corrected chi connectivity index (χ0v) is 19.7. The monoisotopic (exact) mass is 484 g/mol. The van der Waals surface area contributed by atoms with Crippen LogP contribution in [0.2, 0.25) is 0 Å². The van der Waals surface area contributed by atoms with E-state index in [2.05, 4.69) is 30.7 Å². The van der Waals surface area contributed by atoms with Gasteiger partial charge in [-0.1, -0.05) is 0 Å². The van der Waals surface area contributed by atoms with Crippen LogP contribution in [-0.2, 0) is 9.47 Å². The molecule has 2 bridgehead atoms. The molecule has 8 rings (SSSR count). The largest absolute Gasteiger partial charge is 0.465 e. The summed E-state index contributed by atoms with van der Waals surface area (Å²) in [6.45, 7) is 5.13. The molecule has 5 heterocycles. The second-order valence-electron chi connectivity index (χ2n) is 9.30. The topological polar surface area (TPSA) is 142 Å². The zero-order chi connectivity index (χ0) is 24.1. The lowest BCUT2D eigenvalue weighted by Gasteiger charge is -2.61. The highest BCUT2D eigenvalue weighted by atomic mass is 16.5. The number of carboxylic acid groups (broad SMARTS) is 1. The van der Waals surface area contributed by atoms with E-state index in [-0.39, 0.29) is 5.54 Å². The number of H-pyrrole nitrogens is 1. The highest BCUT2D eigenvalue weighted by Crippen LogP contribution is 2.56. The number of amides is 1. The third-order valence-corrected chi connectivity index (χ3v) is 6.70. The highest BCUT2D eigenvalue weighted by Gasteiger charge is 2.57. The molecule has 3 saturated carbocycles. The fourth-order valence-corrected chi connectivity index (χ4v) is 4.77. The number of fused-ring (bicyclic) bond motifs is 1. The summed E-state index contributed by atoms with van der Waals surface area (Å²) in [6.07, 6.45) is 10.3. The molecule has 3 aliphatic carbocycles. The van der Waals surface area contributed by atoms with Crippen molar-refractivity contribution in [2.45, 2.75) is 37.6 Å². The Kier molecular flexibility index (Phi) is 7.00. The van der Waals surface area contributed by atoms with E-state index in [4.69, 9.17) is 19.6 Å². The third-order valence-electron chi connectivity index (χ3n) is 6.70. The smallest absolute Gasteiger partial charge is 0.405 e. The van der Waals surface area contributed by atoms with Crippen molar-refractivity contribution in [1.29, 1.82) is 0 Å². The van der Waals surface area contributed by atoms with Crippen LogP contribution in [0.3, 0.4) is 0 Å². The van der Waals surface area contributed by atoms with Crippen LogP contribution < -0.4 is 15.5 Å². The van der Waals surface area contributed by atoms with Gasteiger partial charge >= 0.3 is 6.09 Å². The van der Waals surface area contributed by atoms with Crippen molar-refractivity contribution in [3.05, 3.63) is 30.7 Å². The average molecular weight is 485 g/mol. The maximum atomic E-state index is 10.1. The van der Waals surface area contributed by atoms with Crippen molar-refractivity contribution in [2.24, 2.45) is 5.92 Å². The fourth-order valence-electron chi connectivity index (χ4n) is 4.77. The molecule has 12 nitrogen and oxygen atoms in total.